The van der Waals surface area contributed by atoms with E-state index < -0.39 is 0 Å². The first-order chi connectivity index (χ1) is 11.6. The van der Waals surface area contributed by atoms with E-state index in [0.29, 0.717) is 30.4 Å². The maximum absolute atomic E-state index is 11.9. The van der Waals surface area contributed by atoms with E-state index in [1.807, 2.05) is 18.4 Å². The summed E-state index contributed by atoms with van der Waals surface area (Å²) >= 11 is 1.43. The maximum atomic E-state index is 11.9. The zero-order valence-corrected chi connectivity index (χ0v) is 14.3. The Bertz CT molecular complexity index is 704. The zero-order chi connectivity index (χ0) is 17.4. The Morgan fingerprint density at radius 3 is 2.79 bits per heavy atom. The first kappa shape index (κ1) is 17.7. The number of thioether (sulfide) groups is 1. The molecule has 1 aromatic carbocycles. The van der Waals surface area contributed by atoms with Gasteiger partial charge in [-0.25, -0.2) is 4.79 Å². The quantitative estimate of drug-likeness (QED) is 0.508. The van der Waals surface area contributed by atoms with Crippen LogP contribution in [0.1, 0.15) is 13.3 Å². The normalized spacial score (nSPS) is 10.2. The van der Waals surface area contributed by atoms with Gasteiger partial charge in [0.05, 0.1) is 5.69 Å². The number of nitrogens with one attached hydrogen (secondary N) is 3. The van der Waals surface area contributed by atoms with Crippen LogP contribution in [-0.2, 0) is 4.79 Å². The molecule has 0 aliphatic rings. The second-order valence-corrected chi connectivity index (χ2v) is 5.62. The minimum atomic E-state index is -0.309. The predicted molar refractivity (Wildman–Crippen MR) is 91.3 cm³/mol. The molecule has 128 valence electrons. The molecule has 0 aliphatic carbocycles. The van der Waals surface area contributed by atoms with Gasteiger partial charge < -0.3 is 16.0 Å². The Balaban J connectivity index is 1.88. The van der Waals surface area contributed by atoms with Crippen LogP contribution in [0.2, 0.25) is 0 Å². The maximum Gasteiger partial charge on any atom is 0.319 e. The lowest BCUT2D eigenvalue weighted by atomic mass is 10.3. The van der Waals surface area contributed by atoms with Gasteiger partial charge >= 0.3 is 6.03 Å². The lowest BCUT2D eigenvalue weighted by molar-refractivity contribution is -0.118. The van der Waals surface area contributed by atoms with E-state index in [-0.39, 0.29) is 11.9 Å². The van der Waals surface area contributed by atoms with Crippen molar-refractivity contribution in [3.05, 3.63) is 24.3 Å². The van der Waals surface area contributed by atoms with Gasteiger partial charge in [-0.2, -0.15) is 4.68 Å². The van der Waals surface area contributed by atoms with Crippen molar-refractivity contribution in [2.75, 3.05) is 24.7 Å². The van der Waals surface area contributed by atoms with Crippen LogP contribution in [-0.4, -0.2) is 51.5 Å². The molecule has 0 saturated heterocycles. The van der Waals surface area contributed by atoms with Crippen LogP contribution >= 0.6 is 11.8 Å². The summed E-state index contributed by atoms with van der Waals surface area (Å²) in [6.07, 6.45) is 2.55. The van der Waals surface area contributed by atoms with Crippen molar-refractivity contribution in [1.82, 2.24) is 30.8 Å². The van der Waals surface area contributed by atoms with E-state index in [0.717, 1.165) is 5.69 Å². The highest BCUT2D eigenvalue weighted by Gasteiger charge is 2.08. The molecule has 9 nitrogen and oxygen atoms in total. The number of hydrogen-bond acceptors (Lipinski definition) is 6. The van der Waals surface area contributed by atoms with Gasteiger partial charge in [-0.05, 0) is 41.3 Å². The van der Waals surface area contributed by atoms with E-state index in [1.54, 1.807) is 16.8 Å². The first-order valence-corrected chi connectivity index (χ1v) is 8.54. The van der Waals surface area contributed by atoms with Crippen LogP contribution in [0.5, 0.6) is 0 Å². The van der Waals surface area contributed by atoms with Gasteiger partial charge in [0.2, 0.25) is 11.1 Å². The summed E-state index contributed by atoms with van der Waals surface area (Å²) < 4.78 is 1.60. The largest absolute Gasteiger partial charge is 0.356 e. The van der Waals surface area contributed by atoms with Crippen molar-refractivity contribution in [2.45, 2.75) is 18.5 Å². The number of rotatable bonds is 7. The van der Waals surface area contributed by atoms with Gasteiger partial charge in [-0.3, -0.25) is 4.79 Å². The number of aromatic nitrogens is 4. The minimum Gasteiger partial charge on any atom is -0.356 e. The minimum absolute atomic E-state index is 0.0801. The Kier molecular flexibility index (Phi) is 6.55. The SMILES string of the molecule is CSc1nnnn1-c1cccc(NC(=O)NCCCNC(C)=O)c1. The molecule has 0 unspecified atom stereocenters. The highest BCUT2D eigenvalue weighted by Crippen LogP contribution is 2.18. The number of carbonyl (C=O) groups excluding carboxylic acids is 2. The van der Waals surface area contributed by atoms with Crippen LogP contribution in [0.15, 0.2) is 29.4 Å². The molecule has 0 aliphatic heterocycles. The van der Waals surface area contributed by atoms with Crippen molar-refractivity contribution in [3.63, 3.8) is 0 Å². The summed E-state index contributed by atoms with van der Waals surface area (Å²) in [5.74, 6) is -0.0801. The molecule has 0 saturated carbocycles. The molecule has 2 aromatic rings. The van der Waals surface area contributed by atoms with Gasteiger partial charge in [-0.15, -0.1) is 5.10 Å². The summed E-state index contributed by atoms with van der Waals surface area (Å²) in [5.41, 5.74) is 1.39. The van der Waals surface area contributed by atoms with E-state index >= 15 is 0 Å². The predicted octanol–water partition coefficient (Wildman–Crippen LogP) is 1.03. The van der Waals surface area contributed by atoms with Crippen molar-refractivity contribution >= 4 is 29.4 Å². The summed E-state index contributed by atoms with van der Waals surface area (Å²) in [7, 11) is 0. The van der Waals surface area contributed by atoms with E-state index in [1.165, 1.54) is 18.7 Å². The monoisotopic (exact) mass is 349 g/mol. The highest BCUT2D eigenvalue weighted by atomic mass is 32.2. The van der Waals surface area contributed by atoms with E-state index in [2.05, 4.69) is 31.5 Å². The Labute approximate surface area is 143 Å². The Morgan fingerprint density at radius 2 is 2.04 bits per heavy atom. The Hall–Kier alpha value is -2.62. The second-order valence-electron chi connectivity index (χ2n) is 4.85. The molecular weight excluding hydrogens is 330 g/mol. The number of urea groups is 1. The average molecular weight is 349 g/mol. The third-order valence-corrected chi connectivity index (χ3v) is 3.60. The average Bonchev–Trinajstić information content (AvgIpc) is 3.03. The fourth-order valence-electron chi connectivity index (χ4n) is 1.91. The van der Waals surface area contributed by atoms with Crippen LogP contribution in [0.4, 0.5) is 10.5 Å². The summed E-state index contributed by atoms with van der Waals surface area (Å²) in [4.78, 5) is 22.6. The van der Waals surface area contributed by atoms with Crippen molar-refractivity contribution in [2.24, 2.45) is 0 Å². The molecule has 0 radical (unpaired) electrons. The third kappa shape index (κ3) is 5.23. The molecule has 3 N–H and O–H groups in total. The number of amides is 3. The van der Waals surface area contributed by atoms with E-state index in [4.69, 9.17) is 0 Å². The number of tetrazole rings is 1. The number of carbonyl (C=O) groups is 2. The third-order valence-electron chi connectivity index (χ3n) is 2.99. The first-order valence-electron chi connectivity index (χ1n) is 7.32. The van der Waals surface area contributed by atoms with Gasteiger partial charge in [-0.1, -0.05) is 17.8 Å². The topological polar surface area (TPSA) is 114 Å². The van der Waals surface area contributed by atoms with Crippen LogP contribution in [0.3, 0.4) is 0 Å². The number of nitrogens with zero attached hydrogens (tertiary/aromatic N) is 4. The van der Waals surface area contributed by atoms with Gasteiger partial charge in [0.1, 0.15) is 0 Å². The van der Waals surface area contributed by atoms with Gasteiger partial charge in [0, 0.05) is 25.7 Å². The number of benzene rings is 1. The number of hydrogen-bond donors (Lipinski definition) is 3. The molecule has 2 rings (SSSR count). The van der Waals surface area contributed by atoms with Crippen LogP contribution in [0, 0.1) is 0 Å². The van der Waals surface area contributed by atoms with E-state index in [9.17, 15) is 9.59 Å². The summed E-state index contributed by atoms with van der Waals surface area (Å²) in [6, 6.07) is 6.92. The molecule has 1 aromatic heterocycles. The number of anilines is 1. The molecule has 0 atom stereocenters. The Morgan fingerprint density at radius 1 is 1.25 bits per heavy atom. The van der Waals surface area contributed by atoms with Crippen molar-refractivity contribution in [1.29, 1.82) is 0 Å². The molecule has 0 spiro atoms. The molecule has 24 heavy (non-hydrogen) atoms. The summed E-state index contributed by atoms with van der Waals surface area (Å²) in [5, 5.41) is 20.3. The van der Waals surface area contributed by atoms with Crippen molar-refractivity contribution < 1.29 is 9.59 Å². The fourth-order valence-corrected chi connectivity index (χ4v) is 2.35. The lowest BCUT2D eigenvalue weighted by Crippen LogP contribution is -2.32. The van der Waals surface area contributed by atoms with Crippen LogP contribution < -0.4 is 16.0 Å². The summed E-state index contributed by atoms with van der Waals surface area (Å²) in [6.45, 7) is 2.46. The second kappa shape index (κ2) is 8.87. The standard InChI is InChI=1S/C14H19N7O2S/c1-10(22)15-7-4-8-16-13(23)17-11-5-3-6-12(9-11)21-14(24-2)18-19-20-21/h3,5-6,9H,4,7-8H2,1-2H3,(H,15,22)(H2,16,17,23). The molecule has 1 heterocycles. The molecule has 10 heteroatoms. The van der Waals surface area contributed by atoms with Gasteiger partial charge in [0.25, 0.3) is 0 Å². The van der Waals surface area contributed by atoms with Crippen molar-refractivity contribution in [3.8, 4) is 5.69 Å². The highest BCUT2D eigenvalue weighted by molar-refractivity contribution is 7.98. The molecule has 3 amide bonds. The zero-order valence-electron chi connectivity index (χ0n) is 13.4. The molecule has 0 bridgehead atoms. The smallest absolute Gasteiger partial charge is 0.319 e. The molecule has 0 fully saturated rings. The van der Waals surface area contributed by atoms with Crippen LogP contribution in [0.25, 0.3) is 5.69 Å². The fraction of sp³-hybridized carbons (Fsp3) is 0.357. The molecular formula is C14H19N7O2S. The lowest BCUT2D eigenvalue weighted by Gasteiger charge is -2.09. The van der Waals surface area contributed by atoms with Gasteiger partial charge in [0.15, 0.2) is 0 Å².